The van der Waals surface area contributed by atoms with Gasteiger partial charge in [0.2, 0.25) is 0 Å². The van der Waals surface area contributed by atoms with Crippen LogP contribution in [0.3, 0.4) is 0 Å². The summed E-state index contributed by atoms with van der Waals surface area (Å²) in [6.07, 6.45) is 0. The van der Waals surface area contributed by atoms with Crippen molar-refractivity contribution in [2.45, 2.75) is 79.1 Å². The molecule has 0 aromatic carbocycles. The first-order chi connectivity index (χ1) is 7.37. The van der Waals surface area contributed by atoms with E-state index in [0.29, 0.717) is 12.1 Å². The van der Waals surface area contributed by atoms with Gasteiger partial charge in [0, 0.05) is 0 Å². The molecule has 0 radical (unpaired) electrons. The van der Waals surface area contributed by atoms with Gasteiger partial charge in [0.15, 0.2) is 0 Å². The second-order valence-corrected chi connectivity index (χ2v) is 18.3. The van der Waals surface area contributed by atoms with Gasteiger partial charge in [-0.15, -0.1) is 0 Å². The van der Waals surface area contributed by atoms with Crippen LogP contribution in [0.5, 0.6) is 0 Å². The van der Waals surface area contributed by atoms with Crippen LogP contribution >= 0.6 is 0 Å². The Hall–Kier alpha value is 0.169. The molecule has 0 fully saturated rings. The summed E-state index contributed by atoms with van der Waals surface area (Å²) in [5.41, 5.74) is 0. The van der Waals surface area contributed by atoms with Crippen LogP contribution in [0.25, 0.3) is 0 Å². The van der Waals surface area contributed by atoms with Crippen molar-refractivity contribution >= 4 is 27.9 Å². The molecule has 0 heterocycles. The fraction of sp³-hybridized carbons (Fsp3) is 0.923. The van der Waals surface area contributed by atoms with Gasteiger partial charge in [-0.3, -0.25) is 0 Å². The quantitative estimate of drug-likeness (QED) is 0.689. The molecule has 0 spiro atoms. The van der Waals surface area contributed by atoms with Crippen LogP contribution in [-0.2, 0) is 0 Å². The van der Waals surface area contributed by atoms with Crippen LogP contribution in [0.4, 0.5) is 0 Å². The van der Waals surface area contributed by atoms with Crippen LogP contribution < -0.4 is 0 Å². The van der Waals surface area contributed by atoms with Crippen molar-refractivity contribution in [3.63, 3.8) is 0 Å². The molecule has 0 rings (SSSR count). The van der Waals surface area contributed by atoms with Gasteiger partial charge >= 0.3 is 112 Å². The average molecular weight is 269 g/mol. The van der Waals surface area contributed by atoms with Gasteiger partial charge in [-0.2, -0.15) is 0 Å². The molecule has 0 saturated heterocycles. The Labute approximate surface area is 112 Å². The summed E-state index contributed by atoms with van der Waals surface area (Å²) in [6.45, 7) is 24.1. The average Bonchev–Trinajstić information content (AvgIpc) is 1.96. The topological polar surface area (TPSA) is 3.24 Å². The zero-order valence-electron chi connectivity index (χ0n) is 13.7. The first-order valence-electron chi connectivity index (χ1n) is 6.87. The second kappa shape index (κ2) is 5.87. The number of rotatable bonds is 5. The maximum atomic E-state index is 2.53. The van der Waals surface area contributed by atoms with Crippen LogP contribution in [0.1, 0.15) is 27.7 Å². The van der Waals surface area contributed by atoms with E-state index in [9.17, 15) is 0 Å². The Morgan fingerprint density at radius 2 is 1.06 bits per heavy atom. The fourth-order valence-corrected chi connectivity index (χ4v) is 12.6. The molecule has 1 nitrogen and oxygen atoms in total. The zero-order chi connectivity index (χ0) is 14.0. The Morgan fingerprint density at radius 3 is 1.24 bits per heavy atom. The molecule has 0 atom stereocenters. The van der Waals surface area contributed by atoms with Gasteiger partial charge in [-0.1, -0.05) is 0 Å². The Morgan fingerprint density at radius 1 is 0.765 bits per heavy atom. The van der Waals surface area contributed by atoms with Crippen LogP contribution in [-0.4, -0.2) is 44.8 Å². The van der Waals surface area contributed by atoms with E-state index < -0.39 is 16.1 Å². The molecule has 0 bridgehead atoms. The van der Waals surface area contributed by atoms with E-state index in [1.165, 1.54) is 0 Å². The molecular weight excluding hydrogens is 237 g/mol. The third kappa shape index (κ3) is 5.56. The third-order valence-electron chi connectivity index (χ3n) is 3.09. The molecule has 0 N–H and O–H groups in total. The summed E-state index contributed by atoms with van der Waals surface area (Å²) < 4.78 is 1.80. The van der Waals surface area contributed by atoms with Crippen LogP contribution in [0, 0.1) is 0 Å². The van der Waals surface area contributed by atoms with Crippen LogP contribution in [0.15, 0.2) is 0 Å². The summed E-state index contributed by atoms with van der Waals surface area (Å²) in [5, 5.41) is 0. The van der Waals surface area contributed by atoms with E-state index in [1.54, 1.807) is 4.71 Å². The van der Waals surface area contributed by atoms with E-state index in [0.717, 1.165) is 0 Å². The molecule has 0 amide bonds. The molecule has 0 saturated carbocycles. The summed E-state index contributed by atoms with van der Waals surface area (Å²) in [5.74, 6) is 0. The normalized spacial score (nSPS) is 12.9. The van der Waals surface area contributed by atoms with E-state index in [4.69, 9.17) is 0 Å². The van der Waals surface area contributed by atoms with Crippen molar-refractivity contribution in [3.8, 4) is 0 Å². The Balaban J connectivity index is 5.45. The summed E-state index contributed by atoms with van der Waals surface area (Å²) in [6, 6.07) is 1.19. The first kappa shape index (κ1) is 17.2. The summed E-state index contributed by atoms with van der Waals surface area (Å²) in [4.78, 5) is 2.53. The van der Waals surface area contributed by atoms with Gasteiger partial charge in [0.1, 0.15) is 0 Å². The molecule has 100 valence electrons. The van der Waals surface area contributed by atoms with Gasteiger partial charge in [0.05, 0.1) is 0 Å². The Kier molecular flexibility index (Phi) is 5.93. The van der Waals surface area contributed by atoms with E-state index in [-0.39, 0.29) is 0 Å². The minimum atomic E-state index is -1.20. The molecule has 0 aliphatic rings. The number of nitrogens with zero attached hydrogens (tertiary/aromatic N) is 1. The number of hydrogen-bond acceptors (Lipinski definition) is 1. The monoisotopic (exact) mass is 269 g/mol. The standard InChI is InChI=1S/C13H32BNSi2/c1-11(2)15(12(3)4)14-13(16(5,6)7)17(8,9)10/h11-12H,1-10H3. The van der Waals surface area contributed by atoms with Gasteiger partial charge in [-0.25, -0.2) is 0 Å². The molecule has 0 aromatic rings. The third-order valence-corrected chi connectivity index (χ3v) is 11.1. The predicted molar refractivity (Wildman–Crippen MR) is 89.6 cm³/mol. The maximum absolute atomic E-state index is 2.53. The van der Waals surface area contributed by atoms with Crippen LogP contribution in [0.2, 0.25) is 39.3 Å². The fourth-order valence-electron chi connectivity index (χ4n) is 2.56. The molecule has 0 aromatic heterocycles. The van der Waals surface area contributed by atoms with Crippen molar-refractivity contribution in [2.24, 2.45) is 0 Å². The van der Waals surface area contributed by atoms with Gasteiger partial charge in [-0.05, 0) is 0 Å². The van der Waals surface area contributed by atoms with Crippen molar-refractivity contribution in [2.75, 3.05) is 0 Å². The molecule has 0 unspecified atom stereocenters. The molecule has 0 aliphatic heterocycles. The zero-order valence-corrected chi connectivity index (χ0v) is 15.7. The van der Waals surface area contributed by atoms with Gasteiger partial charge < -0.3 is 0 Å². The minimum absolute atomic E-state index is 0.595. The Bertz CT molecular complexity index is 248. The van der Waals surface area contributed by atoms with Crippen molar-refractivity contribution < 1.29 is 0 Å². The second-order valence-electron chi connectivity index (χ2n) is 7.68. The van der Waals surface area contributed by atoms with Crippen molar-refractivity contribution in [1.82, 2.24) is 4.81 Å². The van der Waals surface area contributed by atoms with Crippen molar-refractivity contribution in [3.05, 3.63) is 0 Å². The van der Waals surface area contributed by atoms with Gasteiger partial charge in [0.25, 0.3) is 0 Å². The first-order valence-corrected chi connectivity index (χ1v) is 13.9. The van der Waals surface area contributed by atoms with Crippen molar-refractivity contribution in [1.29, 1.82) is 0 Å². The van der Waals surface area contributed by atoms with E-state index in [1.807, 2.05) is 0 Å². The summed E-state index contributed by atoms with van der Waals surface area (Å²) >= 11 is 0. The van der Waals surface area contributed by atoms with E-state index >= 15 is 0 Å². The number of hydrogen-bond donors (Lipinski definition) is 0. The molecular formula is C13H32BNSi2. The van der Waals surface area contributed by atoms with E-state index in [2.05, 4.69) is 78.8 Å². The predicted octanol–water partition coefficient (Wildman–Crippen LogP) is 3.65. The molecule has 17 heavy (non-hydrogen) atoms. The molecule has 4 heteroatoms. The SMILES string of the molecule is CC(C)N(B=C([Si](C)(C)C)[Si](C)(C)C)C(C)C. The summed E-state index contributed by atoms with van der Waals surface area (Å²) in [7, 11) is 0.131. The molecule has 0 aliphatic carbocycles.